The van der Waals surface area contributed by atoms with E-state index in [-0.39, 0.29) is 23.6 Å². The highest BCUT2D eigenvalue weighted by Gasteiger charge is 2.48. The third kappa shape index (κ3) is 4.03. The first-order chi connectivity index (χ1) is 12.8. The van der Waals surface area contributed by atoms with Crippen LogP contribution in [0.2, 0.25) is 0 Å². The summed E-state index contributed by atoms with van der Waals surface area (Å²) in [4.78, 5) is 0. The number of aromatic nitrogens is 2. The highest BCUT2D eigenvalue weighted by molar-refractivity contribution is 7.89. The molecule has 10 heteroatoms. The van der Waals surface area contributed by atoms with Gasteiger partial charge in [0.1, 0.15) is 5.82 Å². The van der Waals surface area contributed by atoms with Crippen LogP contribution in [0.5, 0.6) is 0 Å². The minimum absolute atomic E-state index is 0.0351. The number of halogens is 3. The van der Waals surface area contributed by atoms with E-state index in [1.54, 1.807) is 13.0 Å². The summed E-state index contributed by atoms with van der Waals surface area (Å²) < 4.78 is 68.7. The van der Waals surface area contributed by atoms with Crippen LogP contribution in [0.1, 0.15) is 71.2 Å². The van der Waals surface area contributed by atoms with Gasteiger partial charge in [-0.3, -0.25) is 0 Å². The minimum Gasteiger partial charge on any atom is -0.367 e. The fourth-order valence-corrected chi connectivity index (χ4v) is 5.36. The fraction of sp³-hybridized carbons (Fsp3) is 0.833. The summed E-state index contributed by atoms with van der Waals surface area (Å²) in [5, 5.41) is 7.46. The summed E-state index contributed by atoms with van der Waals surface area (Å²) in [6, 6.07) is -0.995. The molecule has 0 amide bonds. The van der Waals surface area contributed by atoms with E-state index in [1.807, 2.05) is 20.8 Å². The highest BCUT2D eigenvalue weighted by Crippen LogP contribution is 2.44. The number of hydrogen-bond acceptors (Lipinski definition) is 4. The maximum absolute atomic E-state index is 13.8. The summed E-state index contributed by atoms with van der Waals surface area (Å²) in [5.41, 5.74) is 0.0322. The van der Waals surface area contributed by atoms with Crippen LogP contribution in [0.4, 0.5) is 19.0 Å². The molecule has 0 radical (unpaired) electrons. The Morgan fingerprint density at radius 2 is 1.93 bits per heavy atom. The Morgan fingerprint density at radius 3 is 2.50 bits per heavy atom. The molecule has 0 spiro atoms. The zero-order valence-corrected chi connectivity index (χ0v) is 17.6. The second-order valence-electron chi connectivity index (χ2n) is 8.78. The van der Waals surface area contributed by atoms with Crippen molar-refractivity contribution in [1.29, 1.82) is 0 Å². The molecule has 1 aromatic heterocycles. The molecule has 3 rings (SSSR count). The van der Waals surface area contributed by atoms with E-state index in [0.29, 0.717) is 24.5 Å². The molecule has 6 nitrogen and oxygen atoms in total. The maximum Gasteiger partial charge on any atom is 0.410 e. The van der Waals surface area contributed by atoms with Crippen molar-refractivity contribution < 1.29 is 21.6 Å². The van der Waals surface area contributed by atoms with Crippen molar-refractivity contribution in [1.82, 2.24) is 14.1 Å². The molecular weight excluding hydrogens is 393 g/mol. The van der Waals surface area contributed by atoms with Gasteiger partial charge in [-0.05, 0) is 31.6 Å². The summed E-state index contributed by atoms with van der Waals surface area (Å²) in [5.74, 6) is 0.273. The SMILES string of the molecule is CCS(=O)(=O)N1CCCCC1c1cc2n(n1)[C@@H](C(F)(F)F)C[C@@H](C(C)(C)C)N2. The number of hydrogen-bond donors (Lipinski definition) is 1. The quantitative estimate of drug-likeness (QED) is 0.797. The van der Waals surface area contributed by atoms with Crippen LogP contribution in [0, 0.1) is 5.41 Å². The molecule has 160 valence electrons. The first kappa shape index (κ1) is 21.4. The highest BCUT2D eigenvalue weighted by atomic mass is 32.2. The van der Waals surface area contributed by atoms with Gasteiger partial charge in [0.25, 0.3) is 0 Å². The summed E-state index contributed by atoms with van der Waals surface area (Å²) in [7, 11) is -3.45. The van der Waals surface area contributed by atoms with Gasteiger partial charge in [0.2, 0.25) is 10.0 Å². The smallest absolute Gasteiger partial charge is 0.367 e. The van der Waals surface area contributed by atoms with Crippen molar-refractivity contribution in [2.24, 2.45) is 5.41 Å². The molecule has 0 aromatic carbocycles. The van der Waals surface area contributed by atoms with E-state index in [0.717, 1.165) is 17.5 Å². The second-order valence-corrected chi connectivity index (χ2v) is 11.0. The molecule has 3 heterocycles. The number of alkyl halides is 3. The Labute approximate surface area is 164 Å². The van der Waals surface area contributed by atoms with Crippen LogP contribution in [-0.2, 0) is 10.0 Å². The van der Waals surface area contributed by atoms with Gasteiger partial charge >= 0.3 is 6.18 Å². The average Bonchev–Trinajstić information content (AvgIpc) is 3.03. The van der Waals surface area contributed by atoms with Gasteiger partial charge in [0.15, 0.2) is 6.04 Å². The van der Waals surface area contributed by atoms with E-state index in [2.05, 4.69) is 10.4 Å². The van der Waals surface area contributed by atoms with E-state index < -0.39 is 28.3 Å². The Kier molecular flexibility index (Phi) is 5.50. The largest absolute Gasteiger partial charge is 0.410 e. The lowest BCUT2D eigenvalue weighted by Crippen LogP contribution is -2.44. The molecule has 1 unspecified atom stereocenters. The third-order valence-electron chi connectivity index (χ3n) is 5.77. The number of nitrogens with one attached hydrogen (secondary N) is 1. The van der Waals surface area contributed by atoms with Crippen molar-refractivity contribution in [2.75, 3.05) is 17.6 Å². The number of fused-ring (bicyclic) bond motifs is 1. The van der Waals surface area contributed by atoms with Crippen molar-refractivity contribution in [3.63, 3.8) is 0 Å². The first-order valence-electron chi connectivity index (χ1n) is 9.77. The number of rotatable bonds is 3. The number of anilines is 1. The van der Waals surface area contributed by atoms with Gasteiger partial charge in [-0.2, -0.15) is 22.6 Å². The lowest BCUT2D eigenvalue weighted by atomic mass is 9.82. The predicted molar refractivity (Wildman–Crippen MR) is 102 cm³/mol. The Balaban J connectivity index is 2.01. The lowest BCUT2D eigenvalue weighted by molar-refractivity contribution is -0.175. The summed E-state index contributed by atoms with van der Waals surface area (Å²) in [6.07, 6.45) is -2.40. The maximum atomic E-state index is 13.8. The monoisotopic (exact) mass is 422 g/mol. The van der Waals surface area contributed by atoms with Gasteiger partial charge in [-0.15, -0.1) is 0 Å². The lowest BCUT2D eigenvalue weighted by Gasteiger charge is -2.39. The van der Waals surface area contributed by atoms with Crippen LogP contribution in [-0.4, -0.2) is 47.0 Å². The molecule has 1 aromatic rings. The number of piperidine rings is 1. The Morgan fingerprint density at radius 1 is 1.25 bits per heavy atom. The Bertz CT molecular complexity index is 814. The van der Waals surface area contributed by atoms with Crippen LogP contribution < -0.4 is 5.32 Å². The molecule has 1 N–H and O–H groups in total. The average molecular weight is 423 g/mol. The van der Waals surface area contributed by atoms with Crippen LogP contribution in [0.3, 0.4) is 0 Å². The van der Waals surface area contributed by atoms with Crippen molar-refractivity contribution in [2.45, 2.75) is 77.7 Å². The van der Waals surface area contributed by atoms with Gasteiger partial charge in [0.05, 0.1) is 17.5 Å². The van der Waals surface area contributed by atoms with Gasteiger partial charge in [-0.1, -0.05) is 27.2 Å². The normalized spacial score (nSPS) is 27.3. The van der Waals surface area contributed by atoms with Crippen LogP contribution in [0.15, 0.2) is 6.07 Å². The Hall–Kier alpha value is -1.29. The molecule has 0 aliphatic carbocycles. The van der Waals surface area contributed by atoms with Crippen LogP contribution >= 0.6 is 0 Å². The standard InChI is InChI=1S/C18H29F3N4O2S/c1-5-28(26,27)24-9-7-6-8-13(24)12-10-16-22-14(17(2,3)4)11-15(18(19,20)21)25(16)23-12/h10,13-15,22H,5-9,11H2,1-4H3/t13?,14-,15+/m0/s1. The predicted octanol–water partition coefficient (Wildman–Crippen LogP) is 4.09. The topological polar surface area (TPSA) is 67.2 Å². The van der Waals surface area contributed by atoms with Gasteiger partial charge in [-0.25, -0.2) is 13.1 Å². The van der Waals surface area contributed by atoms with E-state index >= 15 is 0 Å². The molecule has 0 bridgehead atoms. The molecule has 0 saturated carbocycles. The van der Waals surface area contributed by atoms with Crippen molar-refractivity contribution in [3.05, 3.63) is 11.8 Å². The van der Waals surface area contributed by atoms with Crippen molar-refractivity contribution >= 4 is 15.8 Å². The zero-order chi connectivity index (χ0) is 20.9. The van der Waals surface area contributed by atoms with Crippen molar-refractivity contribution in [3.8, 4) is 0 Å². The molecule has 1 fully saturated rings. The molecule has 2 aliphatic rings. The van der Waals surface area contributed by atoms with E-state index in [1.165, 1.54) is 4.31 Å². The zero-order valence-electron chi connectivity index (χ0n) is 16.8. The van der Waals surface area contributed by atoms with Gasteiger partial charge in [0, 0.05) is 18.7 Å². The van der Waals surface area contributed by atoms with E-state index in [4.69, 9.17) is 0 Å². The number of sulfonamides is 1. The second kappa shape index (κ2) is 7.19. The van der Waals surface area contributed by atoms with Crippen LogP contribution in [0.25, 0.3) is 0 Å². The minimum atomic E-state index is -4.43. The molecule has 1 saturated heterocycles. The first-order valence-corrected chi connectivity index (χ1v) is 11.4. The summed E-state index contributed by atoms with van der Waals surface area (Å²) >= 11 is 0. The van der Waals surface area contributed by atoms with Gasteiger partial charge < -0.3 is 5.32 Å². The number of nitrogens with zero attached hydrogens (tertiary/aromatic N) is 3. The fourth-order valence-electron chi connectivity index (χ4n) is 4.02. The molecule has 2 aliphatic heterocycles. The molecule has 28 heavy (non-hydrogen) atoms. The summed E-state index contributed by atoms with van der Waals surface area (Å²) in [6.45, 7) is 7.67. The third-order valence-corrected chi connectivity index (χ3v) is 7.65. The molecular formula is C18H29F3N4O2S. The molecule has 3 atom stereocenters. The van der Waals surface area contributed by atoms with E-state index in [9.17, 15) is 21.6 Å².